The number of hydrogen-bond acceptors (Lipinski definition) is 5. The highest BCUT2D eigenvalue weighted by Crippen LogP contribution is 2.06. The van der Waals surface area contributed by atoms with Gasteiger partial charge in [-0.05, 0) is 32.9 Å². The van der Waals surface area contributed by atoms with Crippen molar-refractivity contribution in [2.24, 2.45) is 0 Å². The maximum absolute atomic E-state index is 11.9. The molecule has 0 radical (unpaired) electrons. The molecule has 0 aromatic heterocycles. The molecule has 0 spiro atoms. The van der Waals surface area contributed by atoms with Gasteiger partial charge >= 0.3 is 5.97 Å². The average molecular weight is 342 g/mol. The summed E-state index contributed by atoms with van der Waals surface area (Å²) in [4.78, 5) is 23.1. The molecular weight excluding hydrogens is 320 g/mol. The van der Waals surface area contributed by atoms with Crippen LogP contribution >= 0.6 is 0 Å². The van der Waals surface area contributed by atoms with Crippen molar-refractivity contribution in [3.05, 3.63) is 30.3 Å². The molecule has 8 heteroatoms. The molecule has 128 valence electrons. The number of sulfonamides is 1. The van der Waals surface area contributed by atoms with Crippen molar-refractivity contribution in [3.8, 4) is 0 Å². The lowest BCUT2D eigenvalue weighted by Crippen LogP contribution is -2.42. The van der Waals surface area contributed by atoms with Crippen LogP contribution in [0.2, 0.25) is 0 Å². The number of esters is 1. The maximum atomic E-state index is 11.9. The van der Waals surface area contributed by atoms with Crippen LogP contribution in [-0.4, -0.2) is 39.0 Å². The summed E-state index contributed by atoms with van der Waals surface area (Å²) in [6.07, 6.45) is -0.158. The summed E-state index contributed by atoms with van der Waals surface area (Å²) in [6.45, 7) is 4.94. The van der Waals surface area contributed by atoms with Crippen molar-refractivity contribution in [1.82, 2.24) is 10.0 Å². The quantitative estimate of drug-likeness (QED) is 0.714. The van der Waals surface area contributed by atoms with Crippen LogP contribution in [0.1, 0.15) is 27.2 Å². The average Bonchev–Trinajstić information content (AvgIpc) is 2.44. The van der Waals surface area contributed by atoms with Crippen LogP contribution in [0, 0.1) is 0 Å². The maximum Gasteiger partial charge on any atom is 0.307 e. The topological polar surface area (TPSA) is 102 Å². The summed E-state index contributed by atoms with van der Waals surface area (Å²) >= 11 is 0. The SMILES string of the molecule is CC(C)(C)NC(=O)COC(=O)CCNS(=O)(=O)c1ccccc1. The number of nitrogens with one attached hydrogen (secondary N) is 2. The molecule has 0 aliphatic rings. The molecule has 1 aromatic rings. The van der Waals surface area contributed by atoms with E-state index in [1.54, 1.807) is 18.2 Å². The van der Waals surface area contributed by atoms with Gasteiger partial charge in [0.2, 0.25) is 10.0 Å². The Morgan fingerprint density at radius 3 is 2.30 bits per heavy atom. The first-order valence-electron chi connectivity index (χ1n) is 7.11. The van der Waals surface area contributed by atoms with E-state index in [2.05, 4.69) is 10.0 Å². The highest BCUT2D eigenvalue weighted by Gasteiger charge is 2.16. The van der Waals surface area contributed by atoms with E-state index in [-0.39, 0.29) is 24.5 Å². The molecule has 0 saturated carbocycles. The van der Waals surface area contributed by atoms with E-state index in [0.717, 1.165) is 0 Å². The number of amides is 1. The Hall–Kier alpha value is -1.93. The Labute approximate surface area is 136 Å². The fourth-order valence-corrected chi connectivity index (χ4v) is 2.70. The molecule has 2 N–H and O–H groups in total. The van der Waals surface area contributed by atoms with E-state index >= 15 is 0 Å². The minimum absolute atomic E-state index is 0.100. The molecule has 1 amide bonds. The van der Waals surface area contributed by atoms with Crippen LogP contribution in [0.25, 0.3) is 0 Å². The predicted octanol–water partition coefficient (Wildman–Crippen LogP) is 0.813. The molecule has 0 fully saturated rings. The minimum atomic E-state index is -3.65. The van der Waals surface area contributed by atoms with Gasteiger partial charge in [0.1, 0.15) is 0 Å². The summed E-state index contributed by atoms with van der Waals surface area (Å²) < 4.78 is 30.9. The van der Waals surface area contributed by atoms with Gasteiger partial charge < -0.3 is 10.1 Å². The highest BCUT2D eigenvalue weighted by atomic mass is 32.2. The number of carbonyl (C=O) groups is 2. The molecule has 1 aromatic carbocycles. The van der Waals surface area contributed by atoms with E-state index in [1.807, 2.05) is 20.8 Å². The van der Waals surface area contributed by atoms with Crippen LogP contribution in [-0.2, 0) is 24.3 Å². The zero-order valence-electron chi connectivity index (χ0n) is 13.5. The van der Waals surface area contributed by atoms with Crippen molar-refractivity contribution in [3.63, 3.8) is 0 Å². The first-order chi connectivity index (χ1) is 10.6. The van der Waals surface area contributed by atoms with Gasteiger partial charge in [-0.25, -0.2) is 13.1 Å². The molecule has 1 rings (SSSR count). The third-order valence-corrected chi connectivity index (χ3v) is 4.03. The van der Waals surface area contributed by atoms with Gasteiger partial charge in [-0.1, -0.05) is 18.2 Å². The number of benzene rings is 1. The molecule has 23 heavy (non-hydrogen) atoms. The van der Waals surface area contributed by atoms with Crippen LogP contribution < -0.4 is 10.0 Å². The lowest BCUT2D eigenvalue weighted by atomic mass is 10.1. The van der Waals surface area contributed by atoms with Gasteiger partial charge in [0.05, 0.1) is 11.3 Å². The number of ether oxygens (including phenoxy) is 1. The molecule has 0 aliphatic heterocycles. The van der Waals surface area contributed by atoms with Gasteiger partial charge in [0.25, 0.3) is 5.91 Å². The van der Waals surface area contributed by atoms with Gasteiger partial charge in [-0.3, -0.25) is 9.59 Å². The predicted molar refractivity (Wildman–Crippen MR) is 85.1 cm³/mol. The lowest BCUT2D eigenvalue weighted by molar-refractivity contribution is -0.148. The molecule has 0 saturated heterocycles. The third kappa shape index (κ3) is 7.75. The summed E-state index contributed by atoms with van der Waals surface area (Å²) in [6, 6.07) is 7.83. The molecule has 7 nitrogen and oxygen atoms in total. The van der Waals surface area contributed by atoms with E-state index in [0.29, 0.717) is 0 Å². The second-order valence-electron chi connectivity index (χ2n) is 5.92. The first-order valence-corrected chi connectivity index (χ1v) is 8.60. The van der Waals surface area contributed by atoms with Crippen LogP contribution in [0.15, 0.2) is 35.2 Å². The lowest BCUT2D eigenvalue weighted by Gasteiger charge is -2.20. The second-order valence-corrected chi connectivity index (χ2v) is 7.69. The summed E-state index contributed by atoms with van der Waals surface area (Å²) in [5.41, 5.74) is -0.408. The summed E-state index contributed by atoms with van der Waals surface area (Å²) in [7, 11) is -3.65. The Balaban J connectivity index is 2.33. The van der Waals surface area contributed by atoms with Crippen LogP contribution in [0.3, 0.4) is 0 Å². The molecule has 0 bridgehead atoms. The molecular formula is C15H22N2O5S. The van der Waals surface area contributed by atoms with Gasteiger partial charge in [0.15, 0.2) is 6.61 Å². The molecule has 0 atom stereocenters. The third-order valence-electron chi connectivity index (χ3n) is 2.55. The van der Waals surface area contributed by atoms with Crippen LogP contribution in [0.5, 0.6) is 0 Å². The first kappa shape index (κ1) is 19.1. The van der Waals surface area contributed by atoms with Crippen molar-refractivity contribution in [2.75, 3.05) is 13.2 Å². The second kappa shape index (κ2) is 8.07. The fraction of sp³-hybridized carbons (Fsp3) is 0.467. The minimum Gasteiger partial charge on any atom is -0.456 e. The zero-order valence-corrected chi connectivity index (χ0v) is 14.3. The molecule has 0 heterocycles. The van der Waals surface area contributed by atoms with Gasteiger partial charge in [-0.2, -0.15) is 0 Å². The largest absolute Gasteiger partial charge is 0.456 e. The Kier molecular flexibility index (Phi) is 6.71. The van der Waals surface area contributed by atoms with Gasteiger partial charge in [0, 0.05) is 12.1 Å². The van der Waals surface area contributed by atoms with E-state index in [4.69, 9.17) is 4.74 Å². The molecule has 0 unspecified atom stereocenters. The normalized spacial score (nSPS) is 11.8. The standard InChI is InChI=1S/C15H22N2O5S/c1-15(2,3)17-13(18)11-22-14(19)9-10-16-23(20,21)12-7-5-4-6-8-12/h4-8,16H,9-11H2,1-3H3,(H,17,18). The summed E-state index contributed by atoms with van der Waals surface area (Å²) in [5.74, 6) is -1.06. The Morgan fingerprint density at radius 2 is 1.74 bits per heavy atom. The van der Waals surface area contributed by atoms with Crippen molar-refractivity contribution >= 4 is 21.9 Å². The molecule has 0 aliphatic carbocycles. The smallest absolute Gasteiger partial charge is 0.307 e. The van der Waals surface area contributed by atoms with Gasteiger partial charge in [-0.15, -0.1) is 0 Å². The van der Waals surface area contributed by atoms with E-state index in [9.17, 15) is 18.0 Å². The monoisotopic (exact) mass is 342 g/mol. The highest BCUT2D eigenvalue weighted by molar-refractivity contribution is 7.89. The number of rotatable bonds is 7. The summed E-state index contributed by atoms with van der Waals surface area (Å²) in [5, 5.41) is 2.65. The van der Waals surface area contributed by atoms with E-state index in [1.165, 1.54) is 12.1 Å². The van der Waals surface area contributed by atoms with Crippen molar-refractivity contribution < 1.29 is 22.7 Å². The number of carbonyl (C=O) groups excluding carboxylic acids is 2. The van der Waals surface area contributed by atoms with Crippen molar-refractivity contribution in [1.29, 1.82) is 0 Å². The van der Waals surface area contributed by atoms with Crippen LogP contribution in [0.4, 0.5) is 0 Å². The number of hydrogen-bond donors (Lipinski definition) is 2. The fourth-order valence-electron chi connectivity index (χ4n) is 1.64. The van der Waals surface area contributed by atoms with Crippen molar-refractivity contribution in [2.45, 2.75) is 37.6 Å². The Bertz CT molecular complexity index is 636. The van der Waals surface area contributed by atoms with E-state index < -0.39 is 27.4 Å². The Morgan fingerprint density at radius 1 is 1.13 bits per heavy atom. The zero-order chi connectivity index (χ0) is 17.5.